The van der Waals surface area contributed by atoms with Gasteiger partial charge in [-0.15, -0.1) is 16.3 Å². The van der Waals surface area contributed by atoms with Gasteiger partial charge >= 0.3 is 0 Å². The lowest BCUT2D eigenvalue weighted by Gasteiger charge is -2.09. The molecule has 2 aromatic heterocycles. The smallest absolute Gasteiger partial charge is 0.287 e. The molecule has 7 nitrogen and oxygen atoms in total. The van der Waals surface area contributed by atoms with Crippen molar-refractivity contribution in [3.63, 3.8) is 0 Å². The van der Waals surface area contributed by atoms with Crippen LogP contribution in [-0.2, 0) is 10.5 Å². The summed E-state index contributed by atoms with van der Waals surface area (Å²) < 4.78 is 25.2. The topological polar surface area (TPSA) is 85.8 Å². The quantitative estimate of drug-likeness (QED) is 0.438. The van der Waals surface area contributed by atoms with E-state index in [1.807, 2.05) is 12.1 Å². The number of carbonyl (C=O) groups is 1. The maximum atomic E-state index is 13.5. The van der Waals surface area contributed by atoms with Crippen molar-refractivity contribution in [1.29, 1.82) is 0 Å². The lowest BCUT2D eigenvalue weighted by atomic mass is 10.3. The molecule has 0 bridgehead atoms. The number of halogens is 1. The average Bonchev–Trinajstić information content (AvgIpc) is 3.13. The summed E-state index contributed by atoms with van der Waals surface area (Å²) in [7, 11) is 0. The normalized spacial score (nSPS) is 10.9. The van der Waals surface area contributed by atoms with Gasteiger partial charge in [0.2, 0.25) is 0 Å². The van der Waals surface area contributed by atoms with Crippen molar-refractivity contribution in [2.24, 2.45) is 0 Å². The monoisotopic (exact) mass is 439 g/mol. The SMILES string of the molecule is Cc1cc2nc(CSc3ccc(NC(=O)COc4ccccc4F)cc3)cc(=O)n2o1. The number of thioether (sulfide) groups is 1. The Bertz CT molecular complexity index is 1280. The molecule has 2 heterocycles. The summed E-state index contributed by atoms with van der Waals surface area (Å²) in [6.07, 6.45) is 0. The molecule has 1 N–H and O–H groups in total. The summed E-state index contributed by atoms with van der Waals surface area (Å²) in [6.45, 7) is 1.46. The maximum absolute atomic E-state index is 13.5. The van der Waals surface area contributed by atoms with E-state index >= 15 is 0 Å². The molecule has 0 aliphatic carbocycles. The first-order valence-corrected chi connectivity index (χ1v) is 10.4. The summed E-state index contributed by atoms with van der Waals surface area (Å²) in [5, 5.41) is 2.70. The predicted octanol–water partition coefficient (Wildman–Crippen LogP) is 4.04. The Labute approximate surface area is 180 Å². The van der Waals surface area contributed by atoms with Crippen LogP contribution in [0.3, 0.4) is 0 Å². The minimum atomic E-state index is -0.518. The first kappa shape index (κ1) is 20.7. The molecule has 0 aliphatic rings. The second-order valence-electron chi connectivity index (χ2n) is 6.66. The van der Waals surface area contributed by atoms with E-state index in [2.05, 4.69) is 10.3 Å². The van der Waals surface area contributed by atoms with Crippen LogP contribution in [0, 0.1) is 12.7 Å². The zero-order chi connectivity index (χ0) is 21.8. The van der Waals surface area contributed by atoms with Crippen LogP contribution in [0.4, 0.5) is 10.1 Å². The van der Waals surface area contributed by atoms with Crippen LogP contribution in [0.1, 0.15) is 11.5 Å². The number of carbonyl (C=O) groups excluding carboxylic acids is 1. The molecule has 9 heteroatoms. The van der Waals surface area contributed by atoms with E-state index in [0.29, 0.717) is 28.5 Å². The first-order valence-electron chi connectivity index (χ1n) is 9.37. The zero-order valence-electron chi connectivity index (χ0n) is 16.5. The second-order valence-corrected chi connectivity index (χ2v) is 7.71. The van der Waals surface area contributed by atoms with Gasteiger partial charge in [0, 0.05) is 28.5 Å². The van der Waals surface area contributed by atoms with E-state index in [9.17, 15) is 14.0 Å². The fraction of sp³-hybridized carbons (Fsp3) is 0.136. The van der Waals surface area contributed by atoms with Gasteiger partial charge in [0.05, 0.1) is 5.69 Å². The highest BCUT2D eigenvalue weighted by atomic mass is 32.2. The highest BCUT2D eigenvalue weighted by Gasteiger charge is 2.09. The van der Waals surface area contributed by atoms with Crippen LogP contribution in [0.25, 0.3) is 5.65 Å². The van der Waals surface area contributed by atoms with Crippen LogP contribution in [0.15, 0.2) is 74.9 Å². The lowest BCUT2D eigenvalue weighted by molar-refractivity contribution is -0.118. The highest BCUT2D eigenvalue weighted by Crippen LogP contribution is 2.24. The van der Waals surface area contributed by atoms with Gasteiger partial charge in [-0.25, -0.2) is 9.37 Å². The van der Waals surface area contributed by atoms with Crippen molar-refractivity contribution in [1.82, 2.24) is 9.56 Å². The predicted molar refractivity (Wildman–Crippen MR) is 115 cm³/mol. The number of benzene rings is 2. The van der Waals surface area contributed by atoms with Crippen molar-refractivity contribution in [3.8, 4) is 5.75 Å². The molecule has 4 aromatic rings. The molecule has 0 aliphatic heterocycles. The lowest BCUT2D eigenvalue weighted by Crippen LogP contribution is -2.20. The number of aryl methyl sites for hydroxylation is 1. The Morgan fingerprint density at radius 2 is 1.97 bits per heavy atom. The van der Waals surface area contributed by atoms with Crippen molar-refractivity contribution < 1.29 is 18.4 Å². The van der Waals surface area contributed by atoms with Crippen LogP contribution in [-0.4, -0.2) is 22.1 Å². The van der Waals surface area contributed by atoms with Gasteiger partial charge in [0.1, 0.15) is 5.76 Å². The molecule has 4 rings (SSSR count). The summed E-state index contributed by atoms with van der Waals surface area (Å²) in [6, 6.07) is 16.3. The Hall–Kier alpha value is -3.59. The maximum Gasteiger partial charge on any atom is 0.287 e. The Kier molecular flexibility index (Phi) is 6.03. The first-order chi connectivity index (χ1) is 15.0. The molecule has 0 fully saturated rings. The van der Waals surface area contributed by atoms with Gasteiger partial charge < -0.3 is 14.6 Å². The van der Waals surface area contributed by atoms with Gasteiger partial charge in [0.15, 0.2) is 23.8 Å². The number of anilines is 1. The van der Waals surface area contributed by atoms with Gasteiger partial charge in [-0.2, -0.15) is 0 Å². The van der Waals surface area contributed by atoms with Crippen molar-refractivity contribution in [3.05, 3.63) is 88.3 Å². The van der Waals surface area contributed by atoms with Crippen LogP contribution in [0.5, 0.6) is 5.75 Å². The molecule has 0 atom stereocenters. The van der Waals surface area contributed by atoms with Crippen LogP contribution in [0.2, 0.25) is 0 Å². The summed E-state index contributed by atoms with van der Waals surface area (Å²) in [5.41, 5.74) is 1.47. The molecule has 0 saturated carbocycles. The van der Waals surface area contributed by atoms with E-state index in [0.717, 1.165) is 9.47 Å². The minimum Gasteiger partial charge on any atom is -0.481 e. The molecule has 158 valence electrons. The Morgan fingerprint density at radius 1 is 1.19 bits per heavy atom. The average molecular weight is 439 g/mol. The zero-order valence-corrected chi connectivity index (χ0v) is 17.3. The van der Waals surface area contributed by atoms with Gasteiger partial charge in [-0.05, 0) is 43.3 Å². The molecule has 0 saturated heterocycles. The number of para-hydroxylation sites is 1. The van der Waals surface area contributed by atoms with Crippen LogP contribution >= 0.6 is 11.8 Å². The van der Waals surface area contributed by atoms with E-state index in [1.165, 1.54) is 30.0 Å². The van der Waals surface area contributed by atoms with Gasteiger partial charge in [-0.1, -0.05) is 12.1 Å². The van der Waals surface area contributed by atoms with Gasteiger partial charge in [0.25, 0.3) is 11.5 Å². The number of aromatic nitrogens is 2. The summed E-state index contributed by atoms with van der Waals surface area (Å²) >= 11 is 1.51. The number of nitrogens with zero attached hydrogens (tertiary/aromatic N) is 2. The fourth-order valence-corrected chi connectivity index (χ4v) is 3.63. The van der Waals surface area contributed by atoms with Gasteiger partial charge in [-0.3, -0.25) is 9.59 Å². The second kappa shape index (κ2) is 9.05. The third-order valence-electron chi connectivity index (χ3n) is 4.24. The molecule has 0 spiro atoms. The molecule has 0 radical (unpaired) electrons. The number of hydrogen-bond donors (Lipinski definition) is 1. The molecule has 1 amide bonds. The third-order valence-corrected chi connectivity index (χ3v) is 5.29. The van der Waals surface area contributed by atoms with Crippen molar-refractivity contribution in [2.45, 2.75) is 17.6 Å². The van der Waals surface area contributed by atoms with Crippen LogP contribution < -0.4 is 15.6 Å². The minimum absolute atomic E-state index is 0.0291. The molecular weight excluding hydrogens is 421 g/mol. The summed E-state index contributed by atoms with van der Waals surface area (Å²) in [4.78, 5) is 29.5. The standard InChI is InChI=1S/C22H18FN3O4S/c1-14-10-20-24-16(11-22(28)26(20)30-14)13-31-17-8-6-15(7-9-17)25-21(27)12-29-19-5-3-2-4-18(19)23/h2-11H,12-13H2,1H3,(H,25,27). The highest BCUT2D eigenvalue weighted by molar-refractivity contribution is 7.98. The molecule has 2 aromatic carbocycles. The van der Waals surface area contributed by atoms with Crippen molar-refractivity contribution >= 4 is 29.0 Å². The number of nitrogens with one attached hydrogen (secondary N) is 1. The fourth-order valence-electron chi connectivity index (χ4n) is 2.84. The summed E-state index contributed by atoms with van der Waals surface area (Å²) in [5.74, 6) is 0.249. The number of hydrogen-bond acceptors (Lipinski definition) is 6. The number of ether oxygens (including phenoxy) is 1. The van der Waals surface area contributed by atoms with E-state index < -0.39 is 11.7 Å². The van der Waals surface area contributed by atoms with E-state index in [-0.39, 0.29) is 17.9 Å². The number of rotatable bonds is 7. The number of fused-ring (bicyclic) bond motifs is 1. The Balaban J connectivity index is 1.31. The van der Waals surface area contributed by atoms with E-state index in [4.69, 9.17) is 9.26 Å². The Morgan fingerprint density at radius 3 is 2.74 bits per heavy atom. The largest absolute Gasteiger partial charge is 0.481 e. The third kappa shape index (κ3) is 5.13. The number of amides is 1. The molecular formula is C22H18FN3O4S. The molecule has 0 unspecified atom stereocenters. The van der Waals surface area contributed by atoms with E-state index in [1.54, 1.807) is 37.3 Å². The van der Waals surface area contributed by atoms with Crippen molar-refractivity contribution in [2.75, 3.05) is 11.9 Å². The molecule has 31 heavy (non-hydrogen) atoms.